The topological polar surface area (TPSA) is 13.1 Å². The van der Waals surface area contributed by atoms with Crippen molar-refractivity contribution in [3.05, 3.63) is 23.7 Å². The number of hydrogen-bond acceptors (Lipinski definition) is 1. The molecule has 0 aliphatic carbocycles. The van der Waals surface area contributed by atoms with Crippen LogP contribution in [-0.4, -0.2) is 0 Å². The summed E-state index contributed by atoms with van der Waals surface area (Å²) in [6.07, 6.45) is 3.91. The van der Waals surface area contributed by atoms with E-state index in [1.807, 2.05) is 20.1 Å². The third kappa shape index (κ3) is 3.26. The Labute approximate surface area is 69.4 Å². The lowest BCUT2D eigenvalue weighted by atomic mass is 10.2. The molecule has 1 rings (SSSR count). The SMILES string of the molecule is CC.CCc1coc(CC)c1. The van der Waals surface area contributed by atoms with Gasteiger partial charge in [-0.05, 0) is 18.1 Å². The van der Waals surface area contributed by atoms with Crippen molar-refractivity contribution in [3.8, 4) is 0 Å². The Kier molecular flexibility index (Phi) is 5.63. The van der Waals surface area contributed by atoms with Crippen LogP contribution in [-0.2, 0) is 12.8 Å². The lowest BCUT2D eigenvalue weighted by molar-refractivity contribution is 0.514. The quantitative estimate of drug-likeness (QED) is 0.636. The Morgan fingerprint density at radius 3 is 2.09 bits per heavy atom. The van der Waals surface area contributed by atoms with Crippen molar-refractivity contribution in [2.45, 2.75) is 40.5 Å². The molecule has 64 valence electrons. The second kappa shape index (κ2) is 6.02. The first-order valence-corrected chi connectivity index (χ1v) is 4.43. The highest BCUT2D eigenvalue weighted by molar-refractivity contribution is 5.12. The van der Waals surface area contributed by atoms with Crippen molar-refractivity contribution < 1.29 is 4.42 Å². The summed E-state index contributed by atoms with van der Waals surface area (Å²) in [7, 11) is 0. The summed E-state index contributed by atoms with van der Waals surface area (Å²) in [4.78, 5) is 0. The van der Waals surface area contributed by atoms with Crippen LogP contribution < -0.4 is 0 Å². The average molecular weight is 154 g/mol. The molecule has 0 aromatic carbocycles. The molecule has 0 aliphatic rings. The largest absolute Gasteiger partial charge is 0.469 e. The zero-order valence-corrected chi connectivity index (χ0v) is 7.98. The van der Waals surface area contributed by atoms with Gasteiger partial charge in [0, 0.05) is 6.42 Å². The first kappa shape index (κ1) is 10.3. The maximum Gasteiger partial charge on any atom is 0.103 e. The molecule has 0 radical (unpaired) electrons. The molecule has 1 nitrogen and oxygen atoms in total. The van der Waals surface area contributed by atoms with Crippen LogP contribution >= 0.6 is 0 Å². The fraction of sp³-hybridized carbons (Fsp3) is 0.600. The van der Waals surface area contributed by atoms with E-state index in [0.29, 0.717) is 0 Å². The molecule has 0 atom stereocenters. The molecule has 1 heterocycles. The standard InChI is InChI=1S/C8H12O.C2H6/c1-3-7-5-8(4-2)9-6-7;1-2/h5-6H,3-4H2,1-2H3;1-2H3. The highest BCUT2D eigenvalue weighted by atomic mass is 16.3. The van der Waals surface area contributed by atoms with Gasteiger partial charge < -0.3 is 4.42 Å². The summed E-state index contributed by atoms with van der Waals surface area (Å²) >= 11 is 0. The molecule has 0 amide bonds. The number of furan rings is 1. The van der Waals surface area contributed by atoms with Gasteiger partial charge in [-0.25, -0.2) is 0 Å². The maximum atomic E-state index is 5.20. The van der Waals surface area contributed by atoms with Crippen molar-refractivity contribution in [1.82, 2.24) is 0 Å². The second-order valence-electron chi connectivity index (χ2n) is 2.13. The third-order valence-electron chi connectivity index (χ3n) is 1.46. The Morgan fingerprint density at radius 1 is 1.18 bits per heavy atom. The number of hydrogen-bond donors (Lipinski definition) is 0. The minimum absolute atomic E-state index is 1.00. The average Bonchev–Trinajstić information content (AvgIpc) is 2.55. The molecule has 0 N–H and O–H groups in total. The van der Waals surface area contributed by atoms with E-state index in [1.54, 1.807) is 0 Å². The van der Waals surface area contributed by atoms with E-state index >= 15 is 0 Å². The van der Waals surface area contributed by atoms with Crippen molar-refractivity contribution in [2.75, 3.05) is 0 Å². The van der Waals surface area contributed by atoms with E-state index in [1.165, 1.54) is 5.56 Å². The van der Waals surface area contributed by atoms with Gasteiger partial charge in [0.2, 0.25) is 0 Å². The van der Waals surface area contributed by atoms with E-state index in [-0.39, 0.29) is 0 Å². The molecule has 0 saturated heterocycles. The van der Waals surface area contributed by atoms with Gasteiger partial charge in [0.1, 0.15) is 5.76 Å². The van der Waals surface area contributed by atoms with Crippen LogP contribution in [0.3, 0.4) is 0 Å². The van der Waals surface area contributed by atoms with Gasteiger partial charge in [-0.3, -0.25) is 0 Å². The van der Waals surface area contributed by atoms with Gasteiger partial charge in [0.05, 0.1) is 6.26 Å². The number of aryl methyl sites for hydroxylation is 2. The zero-order valence-electron chi connectivity index (χ0n) is 7.98. The van der Waals surface area contributed by atoms with E-state index in [2.05, 4.69) is 19.9 Å². The minimum atomic E-state index is 1.00. The molecular weight excluding hydrogens is 136 g/mol. The van der Waals surface area contributed by atoms with Crippen LogP contribution in [0.25, 0.3) is 0 Å². The van der Waals surface area contributed by atoms with Crippen LogP contribution in [0.2, 0.25) is 0 Å². The maximum absolute atomic E-state index is 5.20. The van der Waals surface area contributed by atoms with E-state index < -0.39 is 0 Å². The van der Waals surface area contributed by atoms with Crippen LogP contribution in [0.4, 0.5) is 0 Å². The van der Waals surface area contributed by atoms with Crippen LogP contribution in [0.1, 0.15) is 39.0 Å². The molecule has 1 heteroatoms. The zero-order chi connectivity index (χ0) is 8.69. The summed E-state index contributed by atoms with van der Waals surface area (Å²) in [5.41, 5.74) is 1.30. The van der Waals surface area contributed by atoms with Crippen LogP contribution in [0.15, 0.2) is 16.7 Å². The fourth-order valence-corrected chi connectivity index (χ4v) is 0.797. The Morgan fingerprint density at radius 2 is 1.82 bits per heavy atom. The molecule has 0 aliphatic heterocycles. The molecule has 0 bridgehead atoms. The van der Waals surface area contributed by atoms with E-state index in [9.17, 15) is 0 Å². The second-order valence-corrected chi connectivity index (χ2v) is 2.13. The Balaban J connectivity index is 0.000000461. The van der Waals surface area contributed by atoms with Gasteiger partial charge in [-0.2, -0.15) is 0 Å². The van der Waals surface area contributed by atoms with Crippen molar-refractivity contribution in [1.29, 1.82) is 0 Å². The van der Waals surface area contributed by atoms with Gasteiger partial charge >= 0.3 is 0 Å². The summed E-state index contributed by atoms with van der Waals surface area (Å²) < 4.78 is 5.20. The highest BCUT2D eigenvalue weighted by Crippen LogP contribution is 2.07. The predicted molar refractivity (Wildman–Crippen MR) is 48.8 cm³/mol. The smallest absolute Gasteiger partial charge is 0.103 e. The summed E-state index contributed by atoms with van der Waals surface area (Å²) in [6, 6.07) is 2.11. The van der Waals surface area contributed by atoms with Crippen LogP contribution in [0.5, 0.6) is 0 Å². The lowest BCUT2D eigenvalue weighted by Gasteiger charge is -1.81. The highest BCUT2D eigenvalue weighted by Gasteiger charge is 1.94. The first-order chi connectivity index (χ1) is 5.36. The summed E-state index contributed by atoms with van der Waals surface area (Å²) in [5, 5.41) is 0. The first-order valence-electron chi connectivity index (χ1n) is 4.43. The normalized spacial score (nSPS) is 8.73. The van der Waals surface area contributed by atoms with E-state index in [0.717, 1.165) is 18.6 Å². The Hall–Kier alpha value is -0.720. The van der Waals surface area contributed by atoms with E-state index in [4.69, 9.17) is 4.42 Å². The molecule has 0 fully saturated rings. The van der Waals surface area contributed by atoms with Crippen molar-refractivity contribution in [2.24, 2.45) is 0 Å². The summed E-state index contributed by atoms with van der Waals surface area (Å²) in [6.45, 7) is 8.22. The van der Waals surface area contributed by atoms with Gasteiger partial charge in [0.25, 0.3) is 0 Å². The third-order valence-corrected chi connectivity index (χ3v) is 1.46. The lowest BCUT2D eigenvalue weighted by Crippen LogP contribution is -1.71. The molecule has 0 saturated carbocycles. The molecule has 11 heavy (non-hydrogen) atoms. The molecular formula is C10H18O. The fourth-order valence-electron chi connectivity index (χ4n) is 0.797. The minimum Gasteiger partial charge on any atom is -0.469 e. The Bertz CT molecular complexity index is 158. The number of rotatable bonds is 2. The summed E-state index contributed by atoms with van der Waals surface area (Å²) in [5.74, 6) is 1.09. The molecule has 0 spiro atoms. The monoisotopic (exact) mass is 154 g/mol. The van der Waals surface area contributed by atoms with Crippen molar-refractivity contribution >= 4 is 0 Å². The molecule has 1 aromatic rings. The van der Waals surface area contributed by atoms with Gasteiger partial charge in [-0.15, -0.1) is 0 Å². The van der Waals surface area contributed by atoms with Crippen molar-refractivity contribution in [3.63, 3.8) is 0 Å². The molecule has 1 aromatic heterocycles. The molecule has 0 unspecified atom stereocenters. The van der Waals surface area contributed by atoms with Crippen LogP contribution in [0, 0.1) is 0 Å². The van der Waals surface area contributed by atoms with Gasteiger partial charge in [0.15, 0.2) is 0 Å². The predicted octanol–water partition coefficient (Wildman–Crippen LogP) is 3.43. The van der Waals surface area contributed by atoms with Gasteiger partial charge in [-0.1, -0.05) is 27.7 Å².